The van der Waals surface area contributed by atoms with Crippen LogP contribution in [-0.4, -0.2) is 39.1 Å². The number of carbonyl (C=O) groups excluding carboxylic acids is 1. The van der Waals surface area contributed by atoms with E-state index in [1.807, 2.05) is 29.2 Å². The van der Waals surface area contributed by atoms with E-state index in [1.165, 1.54) is 11.3 Å². The van der Waals surface area contributed by atoms with Crippen LogP contribution < -0.4 is 5.32 Å². The lowest BCUT2D eigenvalue weighted by Crippen LogP contribution is -2.43. The normalized spacial score (nSPS) is 18.2. The zero-order valence-corrected chi connectivity index (χ0v) is 15.6. The van der Waals surface area contributed by atoms with Crippen molar-refractivity contribution in [2.75, 3.05) is 11.9 Å². The number of rotatable bonds is 4. The Balaban J connectivity index is 1.60. The van der Waals surface area contributed by atoms with Crippen LogP contribution in [0.4, 0.5) is 5.13 Å². The molecule has 3 rings (SSSR count). The largest absolute Gasteiger partial charge is 0.355 e. The fourth-order valence-corrected chi connectivity index (χ4v) is 3.76. The quantitative estimate of drug-likeness (QED) is 0.900. The van der Waals surface area contributed by atoms with Crippen molar-refractivity contribution in [3.8, 4) is 0 Å². The van der Waals surface area contributed by atoms with Crippen LogP contribution in [0.1, 0.15) is 37.8 Å². The van der Waals surface area contributed by atoms with Crippen LogP contribution >= 0.6 is 22.9 Å². The zero-order chi connectivity index (χ0) is 17.3. The Kier molecular flexibility index (Phi) is 4.78. The van der Waals surface area contributed by atoms with Crippen LogP contribution in [0.25, 0.3) is 0 Å². The van der Waals surface area contributed by atoms with E-state index in [0.717, 1.165) is 27.1 Å². The minimum absolute atomic E-state index is 0.0908. The maximum absolute atomic E-state index is 12.1. The van der Waals surface area contributed by atoms with Gasteiger partial charge in [-0.2, -0.15) is 0 Å². The van der Waals surface area contributed by atoms with Crippen molar-refractivity contribution in [1.29, 1.82) is 0 Å². The maximum atomic E-state index is 12.1. The Labute approximate surface area is 151 Å². The number of halogens is 1. The lowest BCUT2D eigenvalue weighted by atomic mass is 10.1. The van der Waals surface area contributed by atoms with Crippen molar-refractivity contribution in [3.05, 3.63) is 39.9 Å². The first-order valence-corrected chi connectivity index (χ1v) is 9.14. The van der Waals surface area contributed by atoms with Crippen molar-refractivity contribution < 1.29 is 4.79 Å². The SMILES string of the molecule is CC(C)(C)N1CC(Nc2nnc(Cc3ccc(Cl)cc3)s2)CC1=O. The highest BCUT2D eigenvalue weighted by molar-refractivity contribution is 7.15. The molecule has 1 aromatic heterocycles. The number of nitrogens with one attached hydrogen (secondary N) is 1. The molecule has 0 aliphatic carbocycles. The molecular formula is C17H21ClN4OS. The molecule has 7 heteroatoms. The number of carbonyl (C=O) groups is 1. The van der Waals surface area contributed by atoms with Crippen LogP contribution in [0, 0.1) is 0 Å². The van der Waals surface area contributed by atoms with Crippen LogP contribution in [0.15, 0.2) is 24.3 Å². The molecule has 0 saturated carbocycles. The first kappa shape index (κ1) is 17.2. The summed E-state index contributed by atoms with van der Waals surface area (Å²) in [5.74, 6) is 0.186. The number of benzene rings is 1. The maximum Gasteiger partial charge on any atom is 0.225 e. The second-order valence-electron chi connectivity index (χ2n) is 7.02. The summed E-state index contributed by atoms with van der Waals surface area (Å²) in [5, 5.41) is 14.2. The average Bonchev–Trinajstić information content (AvgIpc) is 3.08. The Hall–Kier alpha value is -1.66. The monoisotopic (exact) mass is 364 g/mol. The molecule has 1 N–H and O–H groups in total. The third kappa shape index (κ3) is 4.05. The van der Waals surface area contributed by atoms with Crippen molar-refractivity contribution in [2.45, 2.75) is 45.2 Å². The van der Waals surface area contributed by atoms with E-state index in [-0.39, 0.29) is 17.5 Å². The third-order valence-corrected chi connectivity index (χ3v) is 5.10. The van der Waals surface area contributed by atoms with E-state index >= 15 is 0 Å². The average molecular weight is 365 g/mol. The summed E-state index contributed by atoms with van der Waals surface area (Å²) in [5.41, 5.74) is 1.01. The summed E-state index contributed by atoms with van der Waals surface area (Å²) in [6.45, 7) is 6.88. The molecule has 0 radical (unpaired) electrons. The number of hydrogen-bond acceptors (Lipinski definition) is 5. The van der Waals surface area contributed by atoms with E-state index in [1.54, 1.807) is 0 Å². The molecule has 1 amide bonds. The zero-order valence-electron chi connectivity index (χ0n) is 14.0. The van der Waals surface area contributed by atoms with Gasteiger partial charge in [0.05, 0.1) is 6.04 Å². The summed E-state index contributed by atoms with van der Waals surface area (Å²) in [4.78, 5) is 14.1. The summed E-state index contributed by atoms with van der Waals surface area (Å²) < 4.78 is 0. The molecule has 1 aromatic carbocycles. The molecule has 1 aliphatic rings. The molecule has 2 heterocycles. The number of hydrogen-bond donors (Lipinski definition) is 1. The molecule has 0 bridgehead atoms. The first-order chi connectivity index (χ1) is 11.3. The van der Waals surface area contributed by atoms with Crippen molar-refractivity contribution in [2.24, 2.45) is 0 Å². The third-order valence-electron chi connectivity index (χ3n) is 4.00. The summed E-state index contributed by atoms with van der Waals surface area (Å²) in [6.07, 6.45) is 1.23. The fourth-order valence-electron chi connectivity index (χ4n) is 2.79. The minimum atomic E-state index is -0.144. The lowest BCUT2D eigenvalue weighted by molar-refractivity contribution is -0.131. The highest BCUT2D eigenvalue weighted by Crippen LogP contribution is 2.26. The lowest BCUT2D eigenvalue weighted by Gasteiger charge is -2.32. The van der Waals surface area contributed by atoms with Gasteiger partial charge < -0.3 is 10.2 Å². The van der Waals surface area contributed by atoms with Gasteiger partial charge in [-0.05, 0) is 38.5 Å². The predicted molar refractivity (Wildman–Crippen MR) is 97.7 cm³/mol. The van der Waals surface area contributed by atoms with Gasteiger partial charge in [0, 0.05) is 29.9 Å². The molecule has 0 spiro atoms. The van der Waals surface area contributed by atoms with Gasteiger partial charge in [-0.15, -0.1) is 10.2 Å². The van der Waals surface area contributed by atoms with Crippen LogP contribution in [0.5, 0.6) is 0 Å². The highest BCUT2D eigenvalue weighted by Gasteiger charge is 2.36. The molecule has 1 aliphatic heterocycles. The van der Waals surface area contributed by atoms with E-state index in [2.05, 4.69) is 36.3 Å². The van der Waals surface area contributed by atoms with Crippen molar-refractivity contribution in [1.82, 2.24) is 15.1 Å². The van der Waals surface area contributed by atoms with Crippen LogP contribution in [0.3, 0.4) is 0 Å². The molecule has 2 aromatic rings. The number of likely N-dealkylation sites (tertiary alicyclic amines) is 1. The van der Waals surface area contributed by atoms with Gasteiger partial charge in [0.1, 0.15) is 5.01 Å². The standard InChI is InChI=1S/C17H21ClN4OS/c1-17(2,3)22-10-13(9-15(22)23)19-16-21-20-14(24-16)8-11-4-6-12(18)7-5-11/h4-7,13H,8-10H2,1-3H3,(H,19,21). The second-order valence-corrected chi connectivity index (χ2v) is 8.52. The van der Waals surface area contributed by atoms with Gasteiger partial charge in [-0.3, -0.25) is 4.79 Å². The first-order valence-electron chi connectivity index (χ1n) is 7.95. The number of anilines is 1. The van der Waals surface area contributed by atoms with E-state index < -0.39 is 0 Å². The molecule has 1 saturated heterocycles. The van der Waals surface area contributed by atoms with Crippen molar-refractivity contribution >= 4 is 34.0 Å². The van der Waals surface area contributed by atoms with Gasteiger partial charge in [-0.25, -0.2) is 0 Å². The molecule has 24 heavy (non-hydrogen) atoms. The smallest absolute Gasteiger partial charge is 0.225 e. The van der Waals surface area contributed by atoms with E-state index in [9.17, 15) is 4.79 Å². The molecule has 1 unspecified atom stereocenters. The Morgan fingerprint density at radius 2 is 2.00 bits per heavy atom. The van der Waals surface area contributed by atoms with Crippen LogP contribution in [-0.2, 0) is 11.2 Å². The topological polar surface area (TPSA) is 58.1 Å². The van der Waals surface area contributed by atoms with Crippen LogP contribution in [0.2, 0.25) is 5.02 Å². The summed E-state index contributed by atoms with van der Waals surface area (Å²) in [6, 6.07) is 7.83. The molecule has 5 nitrogen and oxygen atoms in total. The second kappa shape index (κ2) is 6.69. The molecule has 128 valence electrons. The Morgan fingerprint density at radius 1 is 1.29 bits per heavy atom. The summed E-state index contributed by atoms with van der Waals surface area (Å²) in [7, 11) is 0. The molecular weight excluding hydrogens is 344 g/mol. The van der Waals surface area contributed by atoms with Gasteiger partial charge >= 0.3 is 0 Å². The molecule has 1 fully saturated rings. The van der Waals surface area contributed by atoms with Gasteiger partial charge in [0.2, 0.25) is 11.0 Å². The number of amides is 1. The fraction of sp³-hybridized carbons (Fsp3) is 0.471. The Bertz CT molecular complexity index is 723. The van der Waals surface area contributed by atoms with E-state index in [0.29, 0.717) is 13.0 Å². The minimum Gasteiger partial charge on any atom is -0.355 e. The predicted octanol–water partition coefficient (Wildman–Crippen LogP) is 3.59. The Morgan fingerprint density at radius 3 is 2.62 bits per heavy atom. The molecule has 1 atom stereocenters. The number of aromatic nitrogens is 2. The van der Waals surface area contributed by atoms with Gasteiger partial charge in [0.25, 0.3) is 0 Å². The highest BCUT2D eigenvalue weighted by atomic mass is 35.5. The van der Waals surface area contributed by atoms with E-state index in [4.69, 9.17) is 11.6 Å². The summed E-state index contributed by atoms with van der Waals surface area (Å²) >= 11 is 7.44. The van der Waals surface area contributed by atoms with Crippen molar-refractivity contribution in [3.63, 3.8) is 0 Å². The number of nitrogens with zero attached hydrogens (tertiary/aromatic N) is 3. The van der Waals surface area contributed by atoms with Gasteiger partial charge in [-0.1, -0.05) is 35.1 Å². The van der Waals surface area contributed by atoms with Gasteiger partial charge in [0.15, 0.2) is 0 Å².